The molecule has 1 saturated heterocycles. The summed E-state index contributed by atoms with van der Waals surface area (Å²) in [5.41, 5.74) is -0.528. The number of hydrogen-bond acceptors (Lipinski definition) is 4. The average molecular weight is 267 g/mol. The molecule has 0 aromatic heterocycles. The third-order valence-electron chi connectivity index (χ3n) is 3.08. The second-order valence-electron chi connectivity index (χ2n) is 4.42. The van der Waals surface area contributed by atoms with Gasteiger partial charge < -0.3 is 10.6 Å². The molecule has 1 aromatic rings. The van der Waals surface area contributed by atoms with Crippen LogP contribution in [0.1, 0.15) is 23.2 Å². The molecule has 0 bridgehead atoms. The predicted molar refractivity (Wildman–Crippen MR) is 66.4 cm³/mol. The van der Waals surface area contributed by atoms with Gasteiger partial charge in [-0.15, -0.1) is 0 Å². The summed E-state index contributed by atoms with van der Waals surface area (Å²) < 4.78 is 13.4. The highest BCUT2D eigenvalue weighted by molar-refractivity contribution is 5.94. The Kier molecular flexibility index (Phi) is 4.06. The minimum Gasteiger partial charge on any atom is -0.349 e. The van der Waals surface area contributed by atoms with E-state index in [2.05, 4.69) is 10.6 Å². The van der Waals surface area contributed by atoms with Crippen LogP contribution in [-0.2, 0) is 0 Å². The van der Waals surface area contributed by atoms with Crippen LogP contribution in [0.25, 0.3) is 0 Å². The lowest BCUT2D eigenvalue weighted by atomic mass is 10.1. The largest absolute Gasteiger partial charge is 0.349 e. The van der Waals surface area contributed by atoms with Gasteiger partial charge in [0.05, 0.1) is 4.92 Å². The molecule has 0 atom stereocenters. The third kappa shape index (κ3) is 3.25. The van der Waals surface area contributed by atoms with E-state index in [1.165, 1.54) is 6.07 Å². The van der Waals surface area contributed by atoms with Gasteiger partial charge in [-0.3, -0.25) is 14.9 Å². The van der Waals surface area contributed by atoms with E-state index in [4.69, 9.17) is 0 Å². The second-order valence-corrected chi connectivity index (χ2v) is 4.42. The second kappa shape index (κ2) is 5.75. The molecule has 1 amide bonds. The van der Waals surface area contributed by atoms with E-state index < -0.39 is 22.3 Å². The van der Waals surface area contributed by atoms with Crippen LogP contribution in [0.4, 0.5) is 10.1 Å². The van der Waals surface area contributed by atoms with E-state index in [1.807, 2.05) is 0 Å². The molecule has 0 spiro atoms. The summed E-state index contributed by atoms with van der Waals surface area (Å²) in [6.07, 6.45) is 1.64. The molecule has 2 N–H and O–H groups in total. The van der Waals surface area contributed by atoms with E-state index >= 15 is 0 Å². The molecule has 2 rings (SSSR count). The van der Waals surface area contributed by atoms with E-state index in [0.29, 0.717) is 0 Å². The van der Waals surface area contributed by atoms with Crippen LogP contribution >= 0.6 is 0 Å². The van der Waals surface area contributed by atoms with E-state index in [9.17, 15) is 19.3 Å². The Balaban J connectivity index is 2.06. The first kappa shape index (κ1) is 13.4. The summed E-state index contributed by atoms with van der Waals surface area (Å²) in [5.74, 6) is -1.40. The molecule has 7 heteroatoms. The smallest absolute Gasteiger partial charge is 0.304 e. The van der Waals surface area contributed by atoms with Crippen molar-refractivity contribution in [2.75, 3.05) is 13.1 Å². The number of nitro benzene ring substituents is 1. The normalized spacial score (nSPS) is 16.1. The van der Waals surface area contributed by atoms with Crippen LogP contribution in [0.15, 0.2) is 18.2 Å². The number of halogens is 1. The lowest BCUT2D eigenvalue weighted by Gasteiger charge is -2.23. The standard InChI is InChI=1S/C12H14FN3O3/c13-10-7-8(1-2-11(10)16(18)19)12(17)15-9-3-5-14-6-4-9/h1-2,7,9,14H,3-6H2,(H,15,17). The number of carbonyl (C=O) groups is 1. The van der Waals surface area contributed by atoms with Crippen molar-refractivity contribution in [1.82, 2.24) is 10.6 Å². The fourth-order valence-electron chi connectivity index (χ4n) is 2.03. The Morgan fingerprint density at radius 3 is 2.68 bits per heavy atom. The van der Waals surface area contributed by atoms with Crippen LogP contribution in [0.3, 0.4) is 0 Å². The zero-order valence-electron chi connectivity index (χ0n) is 10.2. The Morgan fingerprint density at radius 2 is 2.11 bits per heavy atom. The number of nitro groups is 1. The number of piperidine rings is 1. The number of nitrogens with zero attached hydrogens (tertiary/aromatic N) is 1. The van der Waals surface area contributed by atoms with Crippen LogP contribution in [0.5, 0.6) is 0 Å². The zero-order chi connectivity index (χ0) is 13.8. The van der Waals surface area contributed by atoms with Gasteiger partial charge in [-0.2, -0.15) is 4.39 Å². The van der Waals surface area contributed by atoms with Crippen LogP contribution in [0, 0.1) is 15.9 Å². The van der Waals surface area contributed by atoms with Crippen LogP contribution < -0.4 is 10.6 Å². The first-order chi connectivity index (χ1) is 9.08. The predicted octanol–water partition coefficient (Wildman–Crippen LogP) is 1.22. The Hall–Kier alpha value is -2.02. The van der Waals surface area contributed by atoms with Gasteiger partial charge in [-0.25, -0.2) is 0 Å². The fraction of sp³-hybridized carbons (Fsp3) is 0.417. The molecule has 19 heavy (non-hydrogen) atoms. The number of amides is 1. The van der Waals surface area contributed by atoms with Crippen molar-refractivity contribution in [3.05, 3.63) is 39.7 Å². The summed E-state index contributed by atoms with van der Waals surface area (Å²) in [6, 6.07) is 3.23. The van der Waals surface area contributed by atoms with Gasteiger partial charge in [0.2, 0.25) is 5.82 Å². The maximum atomic E-state index is 13.4. The molecular formula is C12H14FN3O3. The van der Waals surface area contributed by atoms with Crippen molar-refractivity contribution < 1.29 is 14.1 Å². The van der Waals surface area contributed by atoms with Crippen molar-refractivity contribution in [2.45, 2.75) is 18.9 Å². The number of carbonyl (C=O) groups excluding carboxylic acids is 1. The minimum absolute atomic E-state index is 0.0620. The molecule has 1 heterocycles. The first-order valence-electron chi connectivity index (χ1n) is 6.03. The van der Waals surface area contributed by atoms with Gasteiger partial charge in [0.1, 0.15) is 0 Å². The van der Waals surface area contributed by atoms with Gasteiger partial charge in [-0.1, -0.05) is 0 Å². The minimum atomic E-state index is -0.997. The molecule has 0 unspecified atom stereocenters. The van der Waals surface area contributed by atoms with E-state index in [-0.39, 0.29) is 11.6 Å². The van der Waals surface area contributed by atoms with Crippen molar-refractivity contribution in [2.24, 2.45) is 0 Å². The van der Waals surface area contributed by atoms with Crippen molar-refractivity contribution in [3.8, 4) is 0 Å². The number of benzene rings is 1. The van der Waals surface area contributed by atoms with Gasteiger partial charge in [0.25, 0.3) is 5.91 Å². The van der Waals surface area contributed by atoms with Gasteiger partial charge in [0.15, 0.2) is 0 Å². The van der Waals surface area contributed by atoms with E-state index in [1.54, 1.807) is 0 Å². The van der Waals surface area contributed by atoms with E-state index in [0.717, 1.165) is 38.1 Å². The first-order valence-corrected chi connectivity index (χ1v) is 6.03. The van der Waals surface area contributed by atoms with Crippen LogP contribution in [-0.4, -0.2) is 30.0 Å². The quantitative estimate of drug-likeness (QED) is 0.637. The van der Waals surface area contributed by atoms with Gasteiger partial charge in [0, 0.05) is 17.7 Å². The Labute approximate surface area is 109 Å². The molecule has 6 nitrogen and oxygen atoms in total. The van der Waals surface area contributed by atoms with Gasteiger partial charge >= 0.3 is 5.69 Å². The molecule has 1 fully saturated rings. The summed E-state index contributed by atoms with van der Waals surface area (Å²) in [7, 11) is 0. The summed E-state index contributed by atoms with van der Waals surface area (Å²) in [4.78, 5) is 21.5. The average Bonchev–Trinajstić information content (AvgIpc) is 2.39. The number of hydrogen-bond donors (Lipinski definition) is 2. The molecule has 0 radical (unpaired) electrons. The molecule has 1 aliphatic heterocycles. The SMILES string of the molecule is O=C(NC1CCNCC1)c1ccc([N+](=O)[O-])c(F)c1. The Morgan fingerprint density at radius 1 is 1.42 bits per heavy atom. The highest BCUT2D eigenvalue weighted by Gasteiger charge is 2.19. The monoisotopic (exact) mass is 267 g/mol. The Bertz CT molecular complexity index is 501. The van der Waals surface area contributed by atoms with Crippen molar-refractivity contribution >= 4 is 11.6 Å². The molecule has 1 aromatic carbocycles. The third-order valence-corrected chi connectivity index (χ3v) is 3.08. The molecular weight excluding hydrogens is 253 g/mol. The molecule has 0 saturated carbocycles. The lowest BCUT2D eigenvalue weighted by molar-refractivity contribution is -0.387. The van der Waals surface area contributed by atoms with Gasteiger partial charge in [-0.05, 0) is 38.1 Å². The summed E-state index contributed by atoms with van der Waals surface area (Å²) in [5, 5.41) is 16.4. The summed E-state index contributed by atoms with van der Waals surface area (Å²) >= 11 is 0. The van der Waals surface area contributed by atoms with Crippen LogP contribution in [0.2, 0.25) is 0 Å². The lowest BCUT2D eigenvalue weighted by Crippen LogP contribution is -2.42. The number of nitrogens with one attached hydrogen (secondary N) is 2. The molecule has 102 valence electrons. The fourth-order valence-corrected chi connectivity index (χ4v) is 2.03. The molecule has 0 aliphatic carbocycles. The highest BCUT2D eigenvalue weighted by atomic mass is 19.1. The summed E-state index contributed by atoms with van der Waals surface area (Å²) in [6.45, 7) is 1.67. The van der Waals surface area contributed by atoms with Crippen molar-refractivity contribution in [1.29, 1.82) is 0 Å². The maximum Gasteiger partial charge on any atom is 0.304 e. The maximum absolute atomic E-state index is 13.4. The zero-order valence-corrected chi connectivity index (χ0v) is 10.2. The van der Waals surface area contributed by atoms with Crippen molar-refractivity contribution in [3.63, 3.8) is 0 Å². The number of rotatable bonds is 3. The topological polar surface area (TPSA) is 84.3 Å². The highest BCUT2D eigenvalue weighted by Crippen LogP contribution is 2.18. The molecule has 1 aliphatic rings.